The minimum absolute atomic E-state index is 0.165. The lowest BCUT2D eigenvalue weighted by molar-refractivity contribution is 0.0413. The largest absolute Gasteiger partial charge is 0.462 e. The van der Waals surface area contributed by atoms with Crippen LogP contribution in [0, 0.1) is 23.5 Å². The van der Waals surface area contributed by atoms with E-state index in [-0.39, 0.29) is 24.3 Å². The fourth-order valence-corrected chi connectivity index (χ4v) is 3.39. The molecule has 4 nitrogen and oxygen atoms in total. The van der Waals surface area contributed by atoms with Gasteiger partial charge in [0, 0.05) is 11.8 Å². The average molecular weight is 415 g/mol. The second-order valence-corrected chi connectivity index (χ2v) is 7.49. The molecule has 8 heteroatoms. The standard InChI is InChI=1S/C19H14Cl2F2O4/c20-19(21)13(9-26-17(24)11-5-1-3-7-15(11)22)14(19)10-27-18(25)12-6-2-4-8-16(12)23/h1-8,13-14H,9-10H2/t13-,14+. The normalized spacial score (nSPS) is 20.0. The molecule has 0 aliphatic heterocycles. The van der Waals surface area contributed by atoms with E-state index in [0.717, 1.165) is 12.1 Å². The highest BCUT2D eigenvalue weighted by Gasteiger charge is 2.64. The number of carbonyl (C=O) groups is 2. The van der Waals surface area contributed by atoms with Crippen molar-refractivity contribution in [2.24, 2.45) is 11.8 Å². The molecule has 0 amide bonds. The van der Waals surface area contributed by atoms with Crippen LogP contribution < -0.4 is 0 Å². The Hall–Kier alpha value is -2.18. The van der Waals surface area contributed by atoms with Crippen LogP contribution in [0.5, 0.6) is 0 Å². The summed E-state index contributed by atoms with van der Waals surface area (Å²) in [4.78, 5) is 23.9. The van der Waals surface area contributed by atoms with Gasteiger partial charge in [0.1, 0.15) is 16.0 Å². The second-order valence-electron chi connectivity index (χ2n) is 6.04. The van der Waals surface area contributed by atoms with E-state index in [1.54, 1.807) is 0 Å². The molecule has 0 saturated heterocycles. The van der Waals surface area contributed by atoms with Crippen molar-refractivity contribution in [3.63, 3.8) is 0 Å². The monoisotopic (exact) mass is 414 g/mol. The summed E-state index contributed by atoms with van der Waals surface area (Å²) in [5, 5.41) is 0. The van der Waals surface area contributed by atoms with Gasteiger partial charge in [-0.3, -0.25) is 0 Å². The molecule has 1 saturated carbocycles. The molecule has 0 bridgehead atoms. The van der Waals surface area contributed by atoms with Gasteiger partial charge in [-0.15, -0.1) is 23.2 Å². The smallest absolute Gasteiger partial charge is 0.341 e. The van der Waals surface area contributed by atoms with Crippen molar-refractivity contribution in [1.29, 1.82) is 0 Å². The minimum atomic E-state index is -1.26. The van der Waals surface area contributed by atoms with Gasteiger partial charge in [-0.1, -0.05) is 24.3 Å². The molecule has 142 valence electrons. The summed E-state index contributed by atoms with van der Waals surface area (Å²) < 4.78 is 36.0. The number of hydrogen-bond acceptors (Lipinski definition) is 4. The van der Waals surface area contributed by atoms with Crippen molar-refractivity contribution in [1.82, 2.24) is 0 Å². The zero-order valence-corrected chi connectivity index (χ0v) is 15.3. The van der Waals surface area contributed by atoms with Crippen LogP contribution in [0.2, 0.25) is 0 Å². The summed E-state index contributed by atoms with van der Waals surface area (Å²) >= 11 is 12.3. The summed E-state index contributed by atoms with van der Waals surface area (Å²) in [6.07, 6.45) is 0. The molecular formula is C19H14Cl2F2O4. The van der Waals surface area contributed by atoms with Crippen LogP contribution >= 0.6 is 23.2 Å². The van der Waals surface area contributed by atoms with Crippen molar-refractivity contribution >= 4 is 35.1 Å². The zero-order valence-electron chi connectivity index (χ0n) is 13.8. The van der Waals surface area contributed by atoms with Gasteiger partial charge in [0.05, 0.1) is 24.3 Å². The highest BCUT2D eigenvalue weighted by Crippen LogP contribution is 2.59. The third-order valence-electron chi connectivity index (χ3n) is 4.34. The molecule has 0 heterocycles. The Morgan fingerprint density at radius 1 is 0.815 bits per heavy atom. The highest BCUT2D eigenvalue weighted by molar-refractivity contribution is 6.51. The van der Waals surface area contributed by atoms with Crippen LogP contribution in [0.4, 0.5) is 8.78 Å². The lowest BCUT2D eigenvalue weighted by atomic mass is 10.2. The van der Waals surface area contributed by atoms with E-state index in [9.17, 15) is 18.4 Å². The molecule has 2 aromatic carbocycles. The second kappa shape index (κ2) is 7.82. The van der Waals surface area contributed by atoms with E-state index in [1.165, 1.54) is 36.4 Å². The van der Waals surface area contributed by atoms with Crippen LogP contribution in [-0.2, 0) is 9.47 Å². The van der Waals surface area contributed by atoms with Gasteiger partial charge in [0.25, 0.3) is 0 Å². The molecule has 2 aromatic rings. The SMILES string of the molecule is O=C(OC[C@@H]1[C@H](COC(=O)c2ccccc2F)C1(Cl)Cl)c1ccccc1F. The van der Waals surface area contributed by atoms with Crippen molar-refractivity contribution in [3.05, 3.63) is 71.3 Å². The first kappa shape index (κ1) is 19.6. The maximum atomic E-state index is 13.6. The van der Waals surface area contributed by atoms with Crippen LogP contribution in [-0.4, -0.2) is 29.5 Å². The maximum absolute atomic E-state index is 13.6. The Morgan fingerprint density at radius 3 is 1.56 bits per heavy atom. The van der Waals surface area contributed by atoms with Crippen molar-refractivity contribution in [2.75, 3.05) is 13.2 Å². The molecule has 0 aromatic heterocycles. The molecule has 2 atom stereocenters. The van der Waals surface area contributed by atoms with E-state index >= 15 is 0 Å². The van der Waals surface area contributed by atoms with Gasteiger partial charge in [0.15, 0.2) is 0 Å². The van der Waals surface area contributed by atoms with Crippen LogP contribution in [0.3, 0.4) is 0 Å². The zero-order chi connectivity index (χ0) is 19.6. The van der Waals surface area contributed by atoms with Gasteiger partial charge in [-0.2, -0.15) is 0 Å². The number of hydrogen-bond donors (Lipinski definition) is 0. The molecule has 0 unspecified atom stereocenters. The summed E-state index contributed by atoms with van der Waals surface area (Å²) in [6.45, 7) is -0.329. The van der Waals surface area contributed by atoms with Crippen molar-refractivity contribution in [2.45, 2.75) is 4.33 Å². The Bertz CT molecular complexity index is 803. The Labute approximate surface area is 164 Å². The number of carbonyl (C=O) groups excluding carboxylic acids is 2. The first-order chi connectivity index (χ1) is 12.8. The highest BCUT2D eigenvalue weighted by atomic mass is 35.5. The van der Waals surface area contributed by atoms with Crippen molar-refractivity contribution in [3.8, 4) is 0 Å². The van der Waals surface area contributed by atoms with Gasteiger partial charge >= 0.3 is 11.9 Å². The lowest BCUT2D eigenvalue weighted by Crippen LogP contribution is -2.12. The average Bonchev–Trinajstić information content (AvgIpc) is 3.17. The molecular weight excluding hydrogens is 401 g/mol. The van der Waals surface area contributed by atoms with Crippen molar-refractivity contribution < 1.29 is 27.8 Å². The fraction of sp³-hybridized carbons (Fsp3) is 0.263. The lowest BCUT2D eigenvalue weighted by Gasteiger charge is -2.06. The van der Waals surface area contributed by atoms with Gasteiger partial charge in [-0.05, 0) is 24.3 Å². The number of rotatable bonds is 6. The Balaban J connectivity index is 1.53. The molecule has 1 aliphatic rings. The summed E-state index contributed by atoms with van der Waals surface area (Å²) in [5.41, 5.74) is -0.397. The molecule has 0 N–H and O–H groups in total. The van der Waals surface area contributed by atoms with Gasteiger partial charge in [-0.25, -0.2) is 18.4 Å². The predicted octanol–water partition coefficient (Wildman–Crippen LogP) is 4.40. The third kappa shape index (κ3) is 4.22. The predicted molar refractivity (Wildman–Crippen MR) is 94.8 cm³/mol. The quantitative estimate of drug-likeness (QED) is 0.519. The van der Waals surface area contributed by atoms with E-state index in [0.29, 0.717) is 0 Å². The number of alkyl halides is 2. The number of benzene rings is 2. The Kier molecular flexibility index (Phi) is 5.67. The summed E-state index contributed by atoms with van der Waals surface area (Å²) in [5.74, 6) is -4.07. The number of halogens is 4. The molecule has 1 fully saturated rings. The van der Waals surface area contributed by atoms with E-state index in [4.69, 9.17) is 32.7 Å². The van der Waals surface area contributed by atoms with E-state index in [1.807, 2.05) is 0 Å². The number of ether oxygens (including phenoxy) is 2. The molecule has 0 spiro atoms. The van der Waals surface area contributed by atoms with Crippen LogP contribution in [0.25, 0.3) is 0 Å². The molecule has 3 rings (SSSR count). The van der Waals surface area contributed by atoms with E-state index < -0.39 is 39.7 Å². The van der Waals surface area contributed by atoms with Gasteiger partial charge in [0.2, 0.25) is 0 Å². The fourth-order valence-electron chi connectivity index (χ4n) is 2.66. The topological polar surface area (TPSA) is 52.6 Å². The third-order valence-corrected chi connectivity index (χ3v) is 5.46. The van der Waals surface area contributed by atoms with Crippen LogP contribution in [0.15, 0.2) is 48.5 Å². The van der Waals surface area contributed by atoms with Gasteiger partial charge < -0.3 is 9.47 Å². The molecule has 27 heavy (non-hydrogen) atoms. The maximum Gasteiger partial charge on any atom is 0.341 e. The number of esters is 2. The molecule has 1 aliphatic carbocycles. The van der Waals surface area contributed by atoms with E-state index in [2.05, 4.69) is 0 Å². The molecule has 0 radical (unpaired) electrons. The first-order valence-corrected chi connectivity index (χ1v) is 8.79. The summed E-state index contributed by atoms with van der Waals surface area (Å²) in [6, 6.07) is 10.8. The first-order valence-electron chi connectivity index (χ1n) is 8.03. The summed E-state index contributed by atoms with van der Waals surface area (Å²) in [7, 11) is 0. The minimum Gasteiger partial charge on any atom is -0.462 e. The van der Waals surface area contributed by atoms with Crippen LogP contribution in [0.1, 0.15) is 20.7 Å². The Morgan fingerprint density at radius 2 is 1.19 bits per heavy atom.